The number of hydrogen-bond donors (Lipinski definition) is 2. The summed E-state index contributed by atoms with van der Waals surface area (Å²) in [5, 5.41) is 23.8. The van der Waals surface area contributed by atoms with Gasteiger partial charge in [-0.25, -0.2) is 0 Å². The van der Waals surface area contributed by atoms with Crippen LogP contribution in [0.1, 0.15) is 35.7 Å². The van der Waals surface area contributed by atoms with Crippen molar-refractivity contribution in [3.05, 3.63) is 70.9 Å². The Hall–Kier alpha value is -2.43. The maximum Gasteiger partial charge on any atom is 0.115 e. The molecule has 1 saturated heterocycles. The number of phenols is 1. The molecule has 2 N–H and O–H groups in total. The minimum absolute atomic E-state index is 0.0953. The number of fused-ring (bicyclic) bond motifs is 3. The van der Waals surface area contributed by atoms with Crippen molar-refractivity contribution in [2.45, 2.75) is 49.7 Å². The molecule has 4 nitrogen and oxygen atoms in total. The molecule has 0 spiro atoms. The first-order chi connectivity index (χ1) is 14.0. The SMILES string of the molecule is CCN1CC[C@]23Cc4nc5ccccc5cc4C[C@@]2(O)[C@H]1Cc1ccc(O)cc13. The molecular weight excluding hydrogens is 360 g/mol. The number of likely N-dealkylation sites (tertiary alicyclic amines) is 1. The molecule has 0 saturated carbocycles. The summed E-state index contributed by atoms with van der Waals surface area (Å²) in [6, 6.07) is 16.3. The van der Waals surface area contributed by atoms with Crippen LogP contribution in [0.15, 0.2) is 48.5 Å². The second-order valence-corrected chi connectivity index (χ2v) is 9.09. The molecule has 29 heavy (non-hydrogen) atoms. The number of nitrogens with zero attached hydrogens (tertiary/aromatic N) is 2. The van der Waals surface area contributed by atoms with Crippen molar-refractivity contribution in [3.8, 4) is 5.75 Å². The number of phenolic OH excluding ortho intramolecular Hbond substituents is 1. The number of aliphatic hydroxyl groups is 1. The Morgan fingerprint density at radius 1 is 1.10 bits per heavy atom. The third-order valence-corrected chi connectivity index (χ3v) is 7.90. The van der Waals surface area contributed by atoms with Gasteiger partial charge in [0.1, 0.15) is 5.75 Å². The van der Waals surface area contributed by atoms with Crippen molar-refractivity contribution in [2.75, 3.05) is 13.1 Å². The Balaban J connectivity index is 1.61. The highest BCUT2D eigenvalue weighted by atomic mass is 16.3. The van der Waals surface area contributed by atoms with Gasteiger partial charge in [-0.2, -0.15) is 0 Å². The van der Waals surface area contributed by atoms with E-state index < -0.39 is 11.0 Å². The highest BCUT2D eigenvalue weighted by molar-refractivity contribution is 5.79. The van der Waals surface area contributed by atoms with E-state index in [1.54, 1.807) is 6.07 Å². The minimum Gasteiger partial charge on any atom is -0.508 e. The number of aromatic nitrogens is 1. The molecule has 3 aliphatic rings. The molecule has 1 aromatic heterocycles. The summed E-state index contributed by atoms with van der Waals surface area (Å²) in [7, 11) is 0. The van der Waals surface area contributed by atoms with Crippen molar-refractivity contribution < 1.29 is 10.2 Å². The van der Waals surface area contributed by atoms with Crippen LogP contribution in [0.3, 0.4) is 0 Å². The van der Waals surface area contributed by atoms with E-state index in [9.17, 15) is 10.2 Å². The van der Waals surface area contributed by atoms with Crippen molar-refractivity contribution >= 4 is 10.9 Å². The normalized spacial score (nSPS) is 30.5. The summed E-state index contributed by atoms with van der Waals surface area (Å²) < 4.78 is 0. The Morgan fingerprint density at radius 3 is 2.83 bits per heavy atom. The highest BCUT2D eigenvalue weighted by Gasteiger charge is 2.64. The maximum absolute atomic E-state index is 12.4. The highest BCUT2D eigenvalue weighted by Crippen LogP contribution is 2.57. The molecule has 6 rings (SSSR count). The molecule has 2 aromatic carbocycles. The minimum atomic E-state index is -0.848. The average Bonchev–Trinajstić information content (AvgIpc) is 2.71. The maximum atomic E-state index is 12.4. The lowest BCUT2D eigenvalue weighted by Crippen LogP contribution is -2.74. The van der Waals surface area contributed by atoms with Crippen LogP contribution in [0.4, 0.5) is 0 Å². The van der Waals surface area contributed by atoms with Crippen LogP contribution in [0.5, 0.6) is 5.75 Å². The Bertz CT molecular complexity index is 1140. The fourth-order valence-corrected chi connectivity index (χ4v) is 6.47. The Morgan fingerprint density at radius 2 is 1.97 bits per heavy atom. The predicted molar refractivity (Wildman–Crippen MR) is 113 cm³/mol. The average molecular weight is 386 g/mol. The van der Waals surface area contributed by atoms with E-state index in [2.05, 4.69) is 36.1 Å². The van der Waals surface area contributed by atoms with Gasteiger partial charge in [0.05, 0.1) is 11.1 Å². The van der Waals surface area contributed by atoms with Crippen molar-refractivity contribution in [2.24, 2.45) is 0 Å². The quantitative estimate of drug-likeness (QED) is 0.673. The largest absolute Gasteiger partial charge is 0.508 e. The second-order valence-electron chi connectivity index (χ2n) is 9.09. The van der Waals surface area contributed by atoms with Gasteiger partial charge in [0.15, 0.2) is 0 Å². The topological polar surface area (TPSA) is 56.6 Å². The standard InChI is InChI=1S/C25H26N2O2/c1-2-27-10-9-24-15-22-18(11-17-5-3-4-6-21(17)26-22)14-25(24,29)23(27)12-16-7-8-19(28)13-20(16)24/h3-8,11,13,23,28-29H,2,9-10,12,14-15H2,1H3/t23-,24-,25-/m1/s1. The van der Waals surface area contributed by atoms with E-state index in [-0.39, 0.29) is 11.8 Å². The van der Waals surface area contributed by atoms with Gasteiger partial charge >= 0.3 is 0 Å². The number of piperidine rings is 1. The lowest BCUT2D eigenvalue weighted by atomic mass is 9.49. The first-order valence-electron chi connectivity index (χ1n) is 10.7. The molecule has 4 heteroatoms. The molecular formula is C25H26N2O2. The molecule has 3 aromatic rings. The fourth-order valence-electron chi connectivity index (χ4n) is 6.47. The molecule has 2 heterocycles. The zero-order valence-corrected chi connectivity index (χ0v) is 16.7. The molecule has 2 aliphatic carbocycles. The van der Waals surface area contributed by atoms with Crippen molar-refractivity contribution in [3.63, 3.8) is 0 Å². The first kappa shape index (κ1) is 17.4. The Labute approximate surface area is 170 Å². The monoisotopic (exact) mass is 386 g/mol. The number of pyridine rings is 1. The molecule has 3 atom stereocenters. The first-order valence-corrected chi connectivity index (χ1v) is 10.7. The van der Waals surface area contributed by atoms with Crippen LogP contribution in [0, 0.1) is 0 Å². The molecule has 148 valence electrons. The Kier molecular flexibility index (Phi) is 3.49. The van der Waals surface area contributed by atoms with Gasteiger partial charge in [-0.1, -0.05) is 31.2 Å². The molecule has 0 unspecified atom stereocenters. The van der Waals surface area contributed by atoms with E-state index in [0.717, 1.165) is 54.5 Å². The van der Waals surface area contributed by atoms with E-state index >= 15 is 0 Å². The predicted octanol–water partition coefficient (Wildman–Crippen LogP) is 3.36. The number of para-hydroxylation sites is 1. The third-order valence-electron chi connectivity index (χ3n) is 7.90. The van der Waals surface area contributed by atoms with Gasteiger partial charge in [0, 0.05) is 35.4 Å². The fraction of sp³-hybridized carbons (Fsp3) is 0.400. The smallest absolute Gasteiger partial charge is 0.115 e. The van der Waals surface area contributed by atoms with Gasteiger partial charge < -0.3 is 10.2 Å². The molecule has 1 fully saturated rings. The third kappa shape index (κ3) is 2.19. The lowest BCUT2D eigenvalue weighted by Gasteiger charge is -2.63. The summed E-state index contributed by atoms with van der Waals surface area (Å²) in [6.45, 7) is 4.11. The van der Waals surface area contributed by atoms with Crippen LogP contribution in [0.2, 0.25) is 0 Å². The van der Waals surface area contributed by atoms with Crippen molar-refractivity contribution in [1.82, 2.24) is 9.88 Å². The summed E-state index contributed by atoms with van der Waals surface area (Å²) in [6.07, 6.45) is 3.07. The lowest BCUT2D eigenvalue weighted by molar-refractivity contribution is -0.150. The number of likely N-dealkylation sites (N-methyl/N-ethyl adjacent to an activating group) is 1. The summed E-state index contributed by atoms with van der Waals surface area (Å²) in [4.78, 5) is 7.48. The number of hydrogen-bond acceptors (Lipinski definition) is 4. The summed E-state index contributed by atoms with van der Waals surface area (Å²) in [5.74, 6) is 0.286. The van der Waals surface area contributed by atoms with Crippen LogP contribution >= 0.6 is 0 Å². The van der Waals surface area contributed by atoms with Gasteiger partial charge in [-0.05, 0) is 66.9 Å². The van der Waals surface area contributed by atoms with E-state index in [4.69, 9.17) is 4.98 Å². The zero-order chi connectivity index (χ0) is 19.8. The van der Waals surface area contributed by atoms with Gasteiger partial charge in [-0.15, -0.1) is 0 Å². The molecule has 1 aliphatic heterocycles. The van der Waals surface area contributed by atoms with Gasteiger partial charge in [0.2, 0.25) is 0 Å². The van der Waals surface area contributed by atoms with Gasteiger partial charge in [-0.3, -0.25) is 9.88 Å². The zero-order valence-electron chi connectivity index (χ0n) is 16.7. The van der Waals surface area contributed by atoms with E-state index in [1.807, 2.05) is 18.2 Å². The van der Waals surface area contributed by atoms with E-state index in [0.29, 0.717) is 6.42 Å². The summed E-state index contributed by atoms with van der Waals surface area (Å²) >= 11 is 0. The number of aromatic hydroxyl groups is 1. The van der Waals surface area contributed by atoms with E-state index in [1.165, 1.54) is 11.1 Å². The van der Waals surface area contributed by atoms with Crippen molar-refractivity contribution in [1.29, 1.82) is 0 Å². The van der Waals surface area contributed by atoms with Crippen LogP contribution in [0.25, 0.3) is 10.9 Å². The number of benzene rings is 2. The van der Waals surface area contributed by atoms with Crippen LogP contribution in [-0.2, 0) is 24.7 Å². The molecule has 2 bridgehead atoms. The molecule has 0 radical (unpaired) electrons. The number of rotatable bonds is 1. The van der Waals surface area contributed by atoms with Gasteiger partial charge in [0.25, 0.3) is 0 Å². The molecule has 0 amide bonds. The van der Waals surface area contributed by atoms with Crippen LogP contribution < -0.4 is 0 Å². The second kappa shape index (κ2) is 5.80. The summed E-state index contributed by atoms with van der Waals surface area (Å²) in [5.41, 5.74) is 4.45. The van der Waals surface area contributed by atoms with Crippen LogP contribution in [-0.4, -0.2) is 44.8 Å².